The fraction of sp³-hybridized carbons (Fsp3) is 0.625. The highest BCUT2D eigenvalue weighted by molar-refractivity contribution is 5.19. The molecule has 1 N–H and O–H groups in total. The lowest BCUT2D eigenvalue weighted by atomic mass is 9.86. The van der Waals surface area contributed by atoms with Crippen LogP contribution >= 0.6 is 0 Å². The molecule has 1 fully saturated rings. The number of hydrogen-bond acceptors (Lipinski definition) is 1. The van der Waals surface area contributed by atoms with Crippen molar-refractivity contribution in [3.63, 3.8) is 0 Å². The molecule has 2 rings (SSSR count). The lowest BCUT2D eigenvalue weighted by Crippen LogP contribution is -2.27. The van der Waals surface area contributed by atoms with Crippen LogP contribution in [0.2, 0.25) is 0 Å². The summed E-state index contributed by atoms with van der Waals surface area (Å²) in [5, 5.41) is 3.65. The first-order valence-electron chi connectivity index (χ1n) is 7.07. The maximum atomic E-state index is 3.65. The Balaban J connectivity index is 1.83. The third-order valence-corrected chi connectivity index (χ3v) is 4.09. The van der Waals surface area contributed by atoms with Gasteiger partial charge in [0.2, 0.25) is 0 Å². The Morgan fingerprint density at radius 2 is 1.94 bits per heavy atom. The topological polar surface area (TPSA) is 12.0 Å². The molecule has 0 spiro atoms. The Morgan fingerprint density at radius 3 is 2.53 bits per heavy atom. The van der Waals surface area contributed by atoms with Gasteiger partial charge in [0.05, 0.1) is 0 Å². The van der Waals surface area contributed by atoms with Crippen LogP contribution in [0.15, 0.2) is 30.3 Å². The van der Waals surface area contributed by atoms with Gasteiger partial charge in [0, 0.05) is 0 Å². The standard InChI is InChI=1S/C16H25N/c1-3-15(12-17-11-14-9-10-14)13(2)16-7-5-4-6-8-16/h4-8,13-15,17H,3,9-12H2,1-2H3. The molecule has 1 aliphatic carbocycles. The van der Waals surface area contributed by atoms with Gasteiger partial charge in [-0.15, -0.1) is 0 Å². The average molecular weight is 231 g/mol. The minimum Gasteiger partial charge on any atom is -0.316 e. The maximum absolute atomic E-state index is 3.65. The summed E-state index contributed by atoms with van der Waals surface area (Å²) in [7, 11) is 0. The van der Waals surface area contributed by atoms with E-state index >= 15 is 0 Å². The molecular formula is C16H25N. The number of rotatable bonds is 7. The van der Waals surface area contributed by atoms with Crippen LogP contribution in [0.25, 0.3) is 0 Å². The molecule has 17 heavy (non-hydrogen) atoms. The van der Waals surface area contributed by atoms with E-state index < -0.39 is 0 Å². The quantitative estimate of drug-likeness (QED) is 0.752. The Kier molecular flexibility index (Phi) is 4.61. The van der Waals surface area contributed by atoms with Gasteiger partial charge in [-0.3, -0.25) is 0 Å². The molecule has 0 heterocycles. The second kappa shape index (κ2) is 6.20. The van der Waals surface area contributed by atoms with Crippen LogP contribution in [-0.2, 0) is 0 Å². The third kappa shape index (κ3) is 3.85. The summed E-state index contributed by atoms with van der Waals surface area (Å²) >= 11 is 0. The first kappa shape index (κ1) is 12.6. The van der Waals surface area contributed by atoms with Crippen molar-refractivity contribution in [3.8, 4) is 0 Å². The fourth-order valence-electron chi connectivity index (χ4n) is 2.50. The zero-order chi connectivity index (χ0) is 12.1. The van der Waals surface area contributed by atoms with Gasteiger partial charge in [-0.1, -0.05) is 50.6 Å². The van der Waals surface area contributed by atoms with Gasteiger partial charge in [-0.2, -0.15) is 0 Å². The Bertz CT molecular complexity index is 316. The van der Waals surface area contributed by atoms with Gasteiger partial charge in [0.15, 0.2) is 0 Å². The van der Waals surface area contributed by atoms with Crippen molar-refractivity contribution in [2.75, 3.05) is 13.1 Å². The molecule has 1 heteroatoms. The van der Waals surface area contributed by atoms with Crippen LogP contribution in [-0.4, -0.2) is 13.1 Å². The van der Waals surface area contributed by atoms with Crippen LogP contribution in [0, 0.1) is 11.8 Å². The molecule has 94 valence electrons. The normalized spacial score (nSPS) is 18.9. The van der Waals surface area contributed by atoms with E-state index in [1.807, 2.05) is 0 Å². The van der Waals surface area contributed by atoms with Crippen molar-refractivity contribution >= 4 is 0 Å². The first-order chi connectivity index (χ1) is 8.31. The molecule has 2 unspecified atom stereocenters. The lowest BCUT2D eigenvalue weighted by molar-refractivity contribution is 0.399. The summed E-state index contributed by atoms with van der Waals surface area (Å²) in [5.74, 6) is 2.41. The Morgan fingerprint density at radius 1 is 1.24 bits per heavy atom. The average Bonchev–Trinajstić information content (AvgIpc) is 3.19. The molecule has 1 aromatic rings. The monoisotopic (exact) mass is 231 g/mol. The molecule has 0 aliphatic heterocycles. The molecule has 0 radical (unpaired) electrons. The van der Waals surface area contributed by atoms with Crippen molar-refractivity contribution in [2.24, 2.45) is 11.8 Å². The van der Waals surface area contributed by atoms with E-state index in [9.17, 15) is 0 Å². The van der Waals surface area contributed by atoms with Crippen molar-refractivity contribution in [3.05, 3.63) is 35.9 Å². The predicted molar refractivity (Wildman–Crippen MR) is 74.2 cm³/mol. The zero-order valence-electron chi connectivity index (χ0n) is 11.2. The van der Waals surface area contributed by atoms with Gasteiger partial charge in [0.1, 0.15) is 0 Å². The van der Waals surface area contributed by atoms with Gasteiger partial charge in [-0.25, -0.2) is 0 Å². The molecule has 0 amide bonds. The van der Waals surface area contributed by atoms with Gasteiger partial charge < -0.3 is 5.32 Å². The second-order valence-corrected chi connectivity index (χ2v) is 5.47. The summed E-state index contributed by atoms with van der Waals surface area (Å²) in [6, 6.07) is 10.9. The van der Waals surface area contributed by atoms with E-state index in [1.54, 1.807) is 0 Å². The largest absolute Gasteiger partial charge is 0.316 e. The zero-order valence-corrected chi connectivity index (χ0v) is 11.2. The van der Waals surface area contributed by atoms with Crippen molar-refractivity contribution in [1.29, 1.82) is 0 Å². The van der Waals surface area contributed by atoms with E-state index in [0.29, 0.717) is 5.92 Å². The van der Waals surface area contributed by atoms with E-state index in [-0.39, 0.29) is 0 Å². The van der Waals surface area contributed by atoms with Crippen molar-refractivity contribution < 1.29 is 0 Å². The minimum atomic E-state index is 0.660. The highest BCUT2D eigenvalue weighted by atomic mass is 14.9. The van der Waals surface area contributed by atoms with E-state index in [0.717, 1.165) is 11.8 Å². The third-order valence-electron chi connectivity index (χ3n) is 4.09. The molecule has 1 aromatic carbocycles. The summed E-state index contributed by atoms with van der Waals surface area (Å²) < 4.78 is 0. The summed E-state index contributed by atoms with van der Waals surface area (Å²) in [6.45, 7) is 7.08. The summed E-state index contributed by atoms with van der Waals surface area (Å²) in [5.41, 5.74) is 1.48. The first-order valence-corrected chi connectivity index (χ1v) is 7.07. The number of nitrogens with one attached hydrogen (secondary N) is 1. The van der Waals surface area contributed by atoms with Gasteiger partial charge >= 0.3 is 0 Å². The van der Waals surface area contributed by atoms with Crippen molar-refractivity contribution in [2.45, 2.75) is 39.0 Å². The van der Waals surface area contributed by atoms with Gasteiger partial charge in [0.25, 0.3) is 0 Å². The highest BCUT2D eigenvalue weighted by Gasteiger charge is 2.22. The van der Waals surface area contributed by atoms with Crippen LogP contribution < -0.4 is 5.32 Å². The van der Waals surface area contributed by atoms with Gasteiger partial charge in [-0.05, 0) is 49.2 Å². The lowest BCUT2D eigenvalue weighted by Gasteiger charge is -2.23. The Labute approximate surface area is 106 Å². The molecular weight excluding hydrogens is 206 g/mol. The molecule has 0 aromatic heterocycles. The van der Waals surface area contributed by atoms with Crippen LogP contribution in [0.3, 0.4) is 0 Å². The smallest absolute Gasteiger partial charge is 0.00148 e. The molecule has 1 nitrogen and oxygen atoms in total. The van der Waals surface area contributed by atoms with E-state index in [2.05, 4.69) is 49.5 Å². The molecule has 0 bridgehead atoms. The van der Waals surface area contributed by atoms with Crippen LogP contribution in [0.1, 0.15) is 44.6 Å². The SMILES string of the molecule is CCC(CNCC1CC1)C(C)c1ccccc1. The molecule has 1 saturated carbocycles. The van der Waals surface area contributed by atoms with E-state index in [4.69, 9.17) is 0 Å². The number of benzene rings is 1. The highest BCUT2D eigenvalue weighted by Crippen LogP contribution is 2.29. The van der Waals surface area contributed by atoms with Crippen molar-refractivity contribution in [1.82, 2.24) is 5.32 Å². The summed E-state index contributed by atoms with van der Waals surface area (Å²) in [4.78, 5) is 0. The fourth-order valence-corrected chi connectivity index (χ4v) is 2.50. The van der Waals surface area contributed by atoms with Crippen LogP contribution in [0.4, 0.5) is 0 Å². The molecule has 0 saturated heterocycles. The predicted octanol–water partition coefficient (Wildman–Crippen LogP) is 3.82. The molecule has 1 aliphatic rings. The summed E-state index contributed by atoms with van der Waals surface area (Å²) in [6.07, 6.45) is 4.14. The molecule has 2 atom stereocenters. The number of hydrogen-bond donors (Lipinski definition) is 1. The minimum absolute atomic E-state index is 0.660. The Hall–Kier alpha value is -0.820. The van der Waals surface area contributed by atoms with E-state index in [1.165, 1.54) is 37.9 Å². The second-order valence-electron chi connectivity index (χ2n) is 5.47. The van der Waals surface area contributed by atoms with Crippen LogP contribution in [0.5, 0.6) is 0 Å². The maximum Gasteiger partial charge on any atom is -0.00148 e.